The van der Waals surface area contributed by atoms with E-state index in [0.717, 1.165) is 38.4 Å². The minimum atomic E-state index is 0.264. The molecule has 21 heavy (non-hydrogen) atoms. The summed E-state index contributed by atoms with van der Waals surface area (Å²) in [4.78, 5) is 4.94. The molecule has 0 bridgehead atoms. The second-order valence-corrected chi connectivity index (χ2v) is 5.92. The molecule has 1 aromatic heterocycles. The number of imidazole rings is 1. The number of nitrogens with zero attached hydrogens (tertiary/aromatic N) is 2. The Bertz CT molecular complexity index is 635. The zero-order valence-corrected chi connectivity index (χ0v) is 12.4. The highest BCUT2D eigenvalue weighted by Crippen LogP contribution is 2.34. The molecule has 2 atom stereocenters. The quantitative estimate of drug-likeness (QED) is 0.920. The first-order valence-electron chi connectivity index (χ1n) is 7.82. The van der Waals surface area contributed by atoms with Crippen molar-refractivity contribution >= 4 is 0 Å². The first-order chi connectivity index (χ1) is 10.3. The second kappa shape index (κ2) is 5.28. The lowest BCUT2D eigenvalue weighted by molar-refractivity contribution is 0.107. The van der Waals surface area contributed by atoms with Gasteiger partial charge in [-0.3, -0.25) is 0 Å². The molecule has 2 aliphatic heterocycles. The van der Waals surface area contributed by atoms with E-state index in [2.05, 4.69) is 47.1 Å². The van der Waals surface area contributed by atoms with Gasteiger partial charge < -0.3 is 14.6 Å². The maximum atomic E-state index is 5.81. The van der Waals surface area contributed by atoms with Crippen molar-refractivity contribution in [2.45, 2.75) is 38.5 Å². The van der Waals surface area contributed by atoms with Crippen LogP contribution < -0.4 is 5.32 Å². The first-order valence-corrected chi connectivity index (χ1v) is 7.82. The van der Waals surface area contributed by atoms with E-state index in [9.17, 15) is 0 Å². The zero-order valence-electron chi connectivity index (χ0n) is 12.4. The summed E-state index contributed by atoms with van der Waals surface area (Å²) in [5.74, 6) is 1.10. The van der Waals surface area contributed by atoms with E-state index in [4.69, 9.17) is 9.72 Å². The molecule has 1 saturated heterocycles. The molecule has 4 heteroatoms. The van der Waals surface area contributed by atoms with Crippen LogP contribution in [0, 0.1) is 0 Å². The van der Waals surface area contributed by atoms with Crippen molar-refractivity contribution in [2.24, 2.45) is 0 Å². The molecule has 1 N–H and O–H groups in total. The summed E-state index contributed by atoms with van der Waals surface area (Å²) in [6.07, 6.45) is 2.40. The van der Waals surface area contributed by atoms with Crippen molar-refractivity contribution in [3.63, 3.8) is 0 Å². The van der Waals surface area contributed by atoms with E-state index in [1.165, 1.54) is 17.0 Å². The number of aromatic nitrogens is 2. The number of ether oxygens (including phenoxy) is 1. The normalized spacial score (nSPS) is 25.0. The van der Waals surface area contributed by atoms with Gasteiger partial charge in [-0.15, -0.1) is 0 Å². The van der Waals surface area contributed by atoms with E-state index in [0.29, 0.717) is 6.04 Å². The lowest BCUT2D eigenvalue weighted by atomic mass is 10.1. The minimum Gasteiger partial charge on any atom is -0.376 e. The third-order valence-electron chi connectivity index (χ3n) is 4.62. The van der Waals surface area contributed by atoms with Crippen LogP contribution in [0.3, 0.4) is 0 Å². The average Bonchev–Trinajstić information content (AvgIpc) is 3.11. The highest BCUT2D eigenvalue weighted by molar-refractivity contribution is 5.57. The largest absolute Gasteiger partial charge is 0.376 e. The van der Waals surface area contributed by atoms with Crippen LogP contribution in [0.4, 0.5) is 0 Å². The van der Waals surface area contributed by atoms with E-state index >= 15 is 0 Å². The van der Waals surface area contributed by atoms with Gasteiger partial charge in [-0.1, -0.05) is 30.3 Å². The number of hydrogen-bond acceptors (Lipinski definition) is 3. The van der Waals surface area contributed by atoms with Crippen molar-refractivity contribution in [3.05, 3.63) is 41.7 Å². The van der Waals surface area contributed by atoms with Crippen LogP contribution in [-0.4, -0.2) is 28.8 Å². The molecule has 1 fully saturated rings. The Balaban J connectivity index is 1.87. The maximum absolute atomic E-state index is 5.81. The predicted molar refractivity (Wildman–Crippen MR) is 82.1 cm³/mol. The molecular formula is C17H21N3O. The molecule has 0 aliphatic carbocycles. The Morgan fingerprint density at radius 2 is 2.14 bits per heavy atom. The summed E-state index contributed by atoms with van der Waals surface area (Å²) in [6.45, 7) is 4.95. The number of hydrogen-bond donors (Lipinski definition) is 1. The fraction of sp³-hybridized carbons (Fsp3) is 0.471. The second-order valence-electron chi connectivity index (χ2n) is 5.92. The van der Waals surface area contributed by atoms with Crippen LogP contribution in [-0.2, 0) is 17.7 Å². The van der Waals surface area contributed by atoms with Crippen LogP contribution in [0.5, 0.6) is 0 Å². The van der Waals surface area contributed by atoms with E-state index in [1.54, 1.807) is 0 Å². The van der Waals surface area contributed by atoms with Crippen LogP contribution in [0.1, 0.15) is 30.8 Å². The number of fused-ring (bicyclic) bond motifs is 1. The number of nitrogens with one attached hydrogen (secondary N) is 1. The lowest BCUT2D eigenvalue weighted by Gasteiger charge is -2.23. The smallest absolute Gasteiger partial charge is 0.140 e. The van der Waals surface area contributed by atoms with Gasteiger partial charge >= 0.3 is 0 Å². The summed E-state index contributed by atoms with van der Waals surface area (Å²) in [5.41, 5.74) is 3.81. The average molecular weight is 283 g/mol. The maximum Gasteiger partial charge on any atom is 0.140 e. The molecule has 0 spiro atoms. The number of benzene rings is 1. The molecule has 4 nitrogen and oxygen atoms in total. The van der Waals surface area contributed by atoms with Gasteiger partial charge in [0.1, 0.15) is 5.82 Å². The number of rotatable bonds is 2. The summed E-state index contributed by atoms with van der Waals surface area (Å²) in [7, 11) is 0. The van der Waals surface area contributed by atoms with Gasteiger partial charge in [0.25, 0.3) is 0 Å². The van der Waals surface area contributed by atoms with Crippen LogP contribution in [0.15, 0.2) is 30.3 Å². The molecule has 3 heterocycles. The summed E-state index contributed by atoms with van der Waals surface area (Å²) < 4.78 is 8.27. The highest BCUT2D eigenvalue weighted by atomic mass is 16.5. The van der Waals surface area contributed by atoms with Crippen molar-refractivity contribution < 1.29 is 4.74 Å². The van der Waals surface area contributed by atoms with Crippen LogP contribution in [0.25, 0.3) is 11.4 Å². The van der Waals surface area contributed by atoms with Gasteiger partial charge in [-0.05, 0) is 13.3 Å². The van der Waals surface area contributed by atoms with Gasteiger partial charge in [0.2, 0.25) is 0 Å². The fourth-order valence-corrected chi connectivity index (χ4v) is 3.54. The third-order valence-corrected chi connectivity index (χ3v) is 4.62. The molecule has 0 amide bonds. The molecule has 0 saturated carbocycles. The Morgan fingerprint density at radius 3 is 2.90 bits per heavy atom. The molecule has 1 aromatic carbocycles. The van der Waals surface area contributed by atoms with E-state index in [1.807, 2.05) is 0 Å². The van der Waals surface area contributed by atoms with Gasteiger partial charge in [0.15, 0.2) is 0 Å². The van der Waals surface area contributed by atoms with Gasteiger partial charge in [-0.25, -0.2) is 4.98 Å². The Labute approximate surface area is 125 Å². The Kier molecular flexibility index (Phi) is 3.28. The molecular weight excluding hydrogens is 262 g/mol. The minimum absolute atomic E-state index is 0.264. The third kappa shape index (κ3) is 2.19. The Morgan fingerprint density at radius 1 is 1.29 bits per heavy atom. The molecule has 4 rings (SSSR count). The predicted octanol–water partition coefficient (Wildman–Crippen LogP) is 2.55. The van der Waals surface area contributed by atoms with Gasteiger partial charge in [-0.2, -0.15) is 0 Å². The Hall–Kier alpha value is -1.65. The molecule has 2 aliphatic rings. The molecule has 0 radical (unpaired) electrons. The standard InChI is InChI=1S/C17H21N3O/c1-12-15(8-10-21-12)20-16-7-9-18-11-14(16)19-17(20)13-5-3-2-4-6-13/h2-6,12,15,18H,7-11H2,1H3. The lowest BCUT2D eigenvalue weighted by Crippen LogP contribution is -2.27. The van der Waals surface area contributed by atoms with Crippen molar-refractivity contribution in [3.8, 4) is 11.4 Å². The van der Waals surface area contributed by atoms with Crippen molar-refractivity contribution in [1.82, 2.24) is 14.9 Å². The van der Waals surface area contributed by atoms with Crippen LogP contribution >= 0.6 is 0 Å². The fourth-order valence-electron chi connectivity index (χ4n) is 3.54. The van der Waals surface area contributed by atoms with Crippen molar-refractivity contribution in [2.75, 3.05) is 13.2 Å². The zero-order chi connectivity index (χ0) is 14.2. The molecule has 110 valence electrons. The first kappa shape index (κ1) is 13.0. The molecule has 2 unspecified atom stereocenters. The van der Waals surface area contributed by atoms with E-state index < -0.39 is 0 Å². The monoisotopic (exact) mass is 283 g/mol. The van der Waals surface area contributed by atoms with Gasteiger partial charge in [0.05, 0.1) is 17.8 Å². The van der Waals surface area contributed by atoms with Gasteiger partial charge in [0, 0.05) is 37.4 Å². The highest BCUT2D eigenvalue weighted by Gasteiger charge is 2.32. The summed E-state index contributed by atoms with van der Waals surface area (Å²) >= 11 is 0. The summed E-state index contributed by atoms with van der Waals surface area (Å²) in [6, 6.07) is 10.9. The van der Waals surface area contributed by atoms with Crippen molar-refractivity contribution in [1.29, 1.82) is 0 Å². The van der Waals surface area contributed by atoms with E-state index in [-0.39, 0.29) is 6.10 Å². The summed E-state index contributed by atoms with van der Waals surface area (Å²) in [5, 5.41) is 3.43. The molecule has 2 aromatic rings. The SMILES string of the molecule is CC1OCCC1n1c(-c2ccccc2)nc2c1CCNC2. The topological polar surface area (TPSA) is 39.1 Å². The van der Waals surface area contributed by atoms with Crippen LogP contribution in [0.2, 0.25) is 0 Å².